The summed E-state index contributed by atoms with van der Waals surface area (Å²) < 4.78 is 18.4. The van der Waals surface area contributed by atoms with Gasteiger partial charge in [-0.3, -0.25) is 9.59 Å². The Labute approximate surface area is 176 Å². The number of ether oxygens (including phenoxy) is 1. The summed E-state index contributed by atoms with van der Waals surface area (Å²) in [5.74, 6) is -0.100. The van der Waals surface area contributed by atoms with Gasteiger partial charge in [0.25, 0.3) is 0 Å². The lowest BCUT2D eigenvalue weighted by atomic mass is 10.1. The minimum absolute atomic E-state index is 0.0523. The molecule has 9 heteroatoms. The first-order valence-corrected chi connectivity index (χ1v) is 10.2. The zero-order valence-corrected chi connectivity index (χ0v) is 17.0. The lowest BCUT2D eigenvalue weighted by Gasteiger charge is -2.16. The van der Waals surface area contributed by atoms with Crippen LogP contribution in [0.15, 0.2) is 48.5 Å². The molecule has 2 aromatic carbocycles. The number of nitrogens with zero attached hydrogens (tertiary/aromatic N) is 3. The highest BCUT2D eigenvalue weighted by molar-refractivity contribution is 7.15. The molecule has 30 heavy (non-hydrogen) atoms. The van der Waals surface area contributed by atoms with Gasteiger partial charge in [0.1, 0.15) is 16.6 Å². The van der Waals surface area contributed by atoms with Crippen LogP contribution in [0.4, 0.5) is 15.2 Å². The van der Waals surface area contributed by atoms with Crippen LogP contribution in [0.5, 0.6) is 5.75 Å². The maximum absolute atomic E-state index is 13.1. The number of aromatic nitrogens is 2. The van der Waals surface area contributed by atoms with Crippen molar-refractivity contribution >= 4 is 34.0 Å². The molecule has 0 spiro atoms. The Morgan fingerprint density at radius 1 is 1.23 bits per heavy atom. The van der Waals surface area contributed by atoms with Gasteiger partial charge >= 0.3 is 0 Å². The molecule has 1 saturated heterocycles. The number of anilines is 2. The van der Waals surface area contributed by atoms with Crippen molar-refractivity contribution in [2.45, 2.75) is 18.8 Å². The Bertz CT molecular complexity index is 1070. The van der Waals surface area contributed by atoms with Crippen LogP contribution >= 0.6 is 11.3 Å². The molecule has 3 aromatic rings. The fourth-order valence-corrected chi connectivity index (χ4v) is 4.23. The molecule has 0 aliphatic carbocycles. The molecule has 4 rings (SSSR count). The number of benzene rings is 2. The van der Waals surface area contributed by atoms with E-state index in [-0.39, 0.29) is 30.0 Å². The number of halogens is 1. The number of hydrogen-bond donors (Lipinski definition) is 1. The fraction of sp³-hybridized carbons (Fsp3) is 0.238. The van der Waals surface area contributed by atoms with Crippen molar-refractivity contribution < 1.29 is 18.7 Å². The molecule has 2 heterocycles. The number of amides is 2. The van der Waals surface area contributed by atoms with Gasteiger partial charge in [-0.25, -0.2) is 4.39 Å². The SMILES string of the molecule is COc1ccccc1CC(=O)Nc1nnc(C2CC(=O)N(c3ccc(F)cc3)C2)s1. The Balaban J connectivity index is 1.40. The van der Waals surface area contributed by atoms with Gasteiger partial charge in [-0.2, -0.15) is 0 Å². The van der Waals surface area contributed by atoms with Crippen molar-refractivity contribution in [3.8, 4) is 5.75 Å². The zero-order valence-electron chi connectivity index (χ0n) is 16.2. The molecule has 0 bridgehead atoms. The van der Waals surface area contributed by atoms with E-state index in [1.165, 1.54) is 23.5 Å². The third kappa shape index (κ3) is 4.30. The van der Waals surface area contributed by atoms with E-state index < -0.39 is 0 Å². The van der Waals surface area contributed by atoms with E-state index in [1.54, 1.807) is 30.2 Å². The monoisotopic (exact) mass is 426 g/mol. The molecular formula is C21H19FN4O3S. The number of hydrogen-bond acceptors (Lipinski definition) is 6. The topological polar surface area (TPSA) is 84.4 Å². The molecule has 1 fully saturated rings. The molecular weight excluding hydrogens is 407 g/mol. The maximum Gasteiger partial charge on any atom is 0.230 e. The summed E-state index contributed by atoms with van der Waals surface area (Å²) in [5, 5.41) is 12.0. The molecule has 0 radical (unpaired) electrons. The predicted octanol–water partition coefficient (Wildman–Crippen LogP) is 3.39. The van der Waals surface area contributed by atoms with Crippen molar-refractivity contribution in [2.24, 2.45) is 0 Å². The summed E-state index contributed by atoms with van der Waals surface area (Å²) in [5.41, 5.74) is 1.43. The summed E-state index contributed by atoms with van der Waals surface area (Å²) in [4.78, 5) is 26.4. The highest BCUT2D eigenvalue weighted by Gasteiger charge is 2.34. The third-order valence-electron chi connectivity index (χ3n) is 4.84. The number of carbonyl (C=O) groups is 2. The molecule has 1 atom stereocenters. The van der Waals surface area contributed by atoms with Crippen molar-refractivity contribution in [3.05, 3.63) is 64.9 Å². The van der Waals surface area contributed by atoms with Gasteiger partial charge in [0.15, 0.2) is 0 Å². The minimum Gasteiger partial charge on any atom is -0.496 e. The fourth-order valence-electron chi connectivity index (χ4n) is 3.38. The lowest BCUT2D eigenvalue weighted by molar-refractivity contribution is -0.117. The van der Waals surface area contributed by atoms with Crippen LogP contribution in [-0.4, -0.2) is 35.7 Å². The second-order valence-electron chi connectivity index (χ2n) is 6.86. The van der Waals surface area contributed by atoms with Gasteiger partial charge < -0.3 is 15.0 Å². The van der Waals surface area contributed by atoms with E-state index in [0.717, 1.165) is 5.56 Å². The van der Waals surface area contributed by atoms with Gasteiger partial charge in [-0.05, 0) is 30.3 Å². The van der Waals surface area contributed by atoms with Crippen LogP contribution in [0.2, 0.25) is 0 Å². The second-order valence-corrected chi connectivity index (χ2v) is 7.87. The minimum atomic E-state index is -0.348. The largest absolute Gasteiger partial charge is 0.496 e. The molecule has 7 nitrogen and oxygen atoms in total. The average molecular weight is 426 g/mol. The van der Waals surface area contributed by atoms with Gasteiger partial charge in [-0.15, -0.1) is 10.2 Å². The van der Waals surface area contributed by atoms with Gasteiger partial charge in [0.05, 0.1) is 13.5 Å². The first-order chi connectivity index (χ1) is 14.5. The Morgan fingerprint density at radius 2 is 2.00 bits per heavy atom. The van der Waals surface area contributed by atoms with E-state index in [4.69, 9.17) is 4.74 Å². The van der Waals surface area contributed by atoms with Crippen LogP contribution in [-0.2, 0) is 16.0 Å². The first kappa shape index (κ1) is 20.0. The number of carbonyl (C=O) groups excluding carboxylic acids is 2. The molecule has 1 aliphatic rings. The molecule has 1 unspecified atom stereocenters. The van der Waals surface area contributed by atoms with Crippen molar-refractivity contribution in [2.75, 3.05) is 23.9 Å². The summed E-state index contributed by atoms with van der Waals surface area (Å²) in [6.45, 7) is 0.439. The van der Waals surface area contributed by atoms with Gasteiger partial charge in [0.2, 0.25) is 16.9 Å². The molecule has 0 saturated carbocycles. The molecule has 1 N–H and O–H groups in total. The quantitative estimate of drug-likeness (QED) is 0.653. The van der Waals surface area contributed by atoms with Crippen LogP contribution in [0.1, 0.15) is 22.9 Å². The Kier molecular flexibility index (Phi) is 5.71. The number of para-hydroxylation sites is 1. The van der Waals surface area contributed by atoms with Crippen LogP contribution < -0.4 is 15.0 Å². The lowest BCUT2D eigenvalue weighted by Crippen LogP contribution is -2.24. The van der Waals surface area contributed by atoms with Crippen LogP contribution in [0.3, 0.4) is 0 Å². The van der Waals surface area contributed by atoms with Crippen LogP contribution in [0, 0.1) is 5.82 Å². The summed E-state index contributed by atoms with van der Waals surface area (Å²) in [7, 11) is 1.56. The summed E-state index contributed by atoms with van der Waals surface area (Å²) in [6, 6.07) is 13.1. The molecule has 1 aromatic heterocycles. The van der Waals surface area contributed by atoms with Crippen molar-refractivity contribution in [3.63, 3.8) is 0 Å². The van der Waals surface area contributed by atoms with E-state index in [1.807, 2.05) is 18.2 Å². The van der Waals surface area contributed by atoms with E-state index in [0.29, 0.717) is 34.5 Å². The van der Waals surface area contributed by atoms with E-state index >= 15 is 0 Å². The Morgan fingerprint density at radius 3 is 2.77 bits per heavy atom. The zero-order chi connectivity index (χ0) is 21.1. The molecule has 1 aliphatic heterocycles. The standard InChI is InChI=1S/C21H19FN4O3S/c1-29-17-5-3-2-4-13(17)10-18(27)23-21-25-24-20(30-21)14-11-19(28)26(12-14)16-8-6-15(22)7-9-16/h2-9,14H,10-12H2,1H3,(H,23,25,27). The normalized spacial score (nSPS) is 16.0. The highest BCUT2D eigenvalue weighted by Crippen LogP contribution is 2.34. The van der Waals surface area contributed by atoms with Gasteiger partial charge in [0, 0.05) is 30.1 Å². The van der Waals surface area contributed by atoms with Crippen molar-refractivity contribution in [1.29, 1.82) is 0 Å². The van der Waals surface area contributed by atoms with E-state index in [2.05, 4.69) is 15.5 Å². The number of nitrogens with one attached hydrogen (secondary N) is 1. The van der Waals surface area contributed by atoms with E-state index in [9.17, 15) is 14.0 Å². The number of rotatable bonds is 6. The van der Waals surface area contributed by atoms with Crippen LogP contribution in [0.25, 0.3) is 0 Å². The summed E-state index contributed by atoms with van der Waals surface area (Å²) in [6.07, 6.45) is 0.445. The first-order valence-electron chi connectivity index (χ1n) is 9.34. The second kappa shape index (κ2) is 8.58. The third-order valence-corrected chi connectivity index (χ3v) is 5.84. The predicted molar refractivity (Wildman–Crippen MR) is 111 cm³/mol. The van der Waals surface area contributed by atoms with Gasteiger partial charge in [-0.1, -0.05) is 29.5 Å². The smallest absolute Gasteiger partial charge is 0.230 e. The maximum atomic E-state index is 13.1. The molecule has 2 amide bonds. The number of methoxy groups -OCH3 is 1. The highest BCUT2D eigenvalue weighted by atomic mass is 32.1. The Hall–Kier alpha value is -3.33. The van der Waals surface area contributed by atoms with Crippen molar-refractivity contribution in [1.82, 2.24) is 10.2 Å². The summed E-state index contributed by atoms with van der Waals surface area (Å²) >= 11 is 1.26. The average Bonchev–Trinajstić information content (AvgIpc) is 3.35. The molecule has 154 valence electrons.